The Kier molecular flexibility index (Phi) is 3.24. The quantitative estimate of drug-likeness (QED) is 0.700. The van der Waals surface area contributed by atoms with Crippen molar-refractivity contribution >= 4 is 22.4 Å². The summed E-state index contributed by atoms with van der Waals surface area (Å²) in [5.41, 5.74) is 11.9. The van der Waals surface area contributed by atoms with Gasteiger partial charge in [0.25, 0.3) is 0 Å². The predicted molar refractivity (Wildman–Crippen MR) is 56.1 cm³/mol. The van der Waals surface area contributed by atoms with E-state index in [-0.39, 0.29) is 5.75 Å². The lowest BCUT2D eigenvalue weighted by atomic mass is 10.2. The second-order valence-electron chi connectivity index (χ2n) is 2.95. The molecule has 0 aliphatic rings. The summed E-state index contributed by atoms with van der Waals surface area (Å²) in [6.07, 6.45) is 0. The third-order valence-corrected chi connectivity index (χ3v) is 3.30. The molecule has 4 N–H and O–H groups in total. The average Bonchev–Trinajstić information content (AvgIpc) is 2.01. The lowest BCUT2D eigenvalue weighted by Gasteiger charge is -2.07. The van der Waals surface area contributed by atoms with Crippen molar-refractivity contribution in [3.8, 4) is 0 Å². The average molecular weight is 212 g/mol. The number of carbonyl (C=O) groups excluding carboxylic acids is 1. The van der Waals surface area contributed by atoms with E-state index in [4.69, 9.17) is 11.5 Å². The van der Waals surface area contributed by atoms with E-state index < -0.39 is 16.7 Å². The van der Waals surface area contributed by atoms with Gasteiger partial charge in [-0.05, 0) is 18.6 Å². The molecule has 14 heavy (non-hydrogen) atoms. The molecule has 0 radical (unpaired) electrons. The largest absolute Gasteiger partial charge is 0.398 e. The molecule has 0 bridgehead atoms. The molecule has 1 aromatic carbocycles. The summed E-state index contributed by atoms with van der Waals surface area (Å²) in [7, 11) is -1.44. The van der Waals surface area contributed by atoms with Crippen LogP contribution in [0.3, 0.4) is 0 Å². The van der Waals surface area contributed by atoms with E-state index in [1.807, 2.05) is 0 Å². The van der Waals surface area contributed by atoms with Crippen LogP contribution in [0.2, 0.25) is 0 Å². The smallest absolute Gasteiger partial charge is 0.230 e. The normalized spacial score (nSPS) is 12.4. The van der Waals surface area contributed by atoms with Crippen LogP contribution in [0.25, 0.3) is 0 Å². The summed E-state index contributed by atoms with van der Waals surface area (Å²) in [5.74, 6) is -0.777. The maximum absolute atomic E-state index is 11.6. The van der Waals surface area contributed by atoms with Gasteiger partial charge >= 0.3 is 0 Å². The van der Waals surface area contributed by atoms with Crippen LogP contribution in [0.4, 0.5) is 5.69 Å². The maximum atomic E-state index is 11.6. The number of rotatable bonds is 3. The number of hydrogen-bond acceptors (Lipinski definition) is 3. The van der Waals surface area contributed by atoms with Crippen molar-refractivity contribution in [2.24, 2.45) is 5.73 Å². The van der Waals surface area contributed by atoms with E-state index in [0.717, 1.165) is 5.56 Å². The summed E-state index contributed by atoms with van der Waals surface area (Å²) in [6, 6.07) is 5.22. The molecule has 5 heteroatoms. The van der Waals surface area contributed by atoms with E-state index >= 15 is 0 Å². The van der Waals surface area contributed by atoms with Gasteiger partial charge in [0.15, 0.2) is 0 Å². The van der Waals surface area contributed by atoms with Gasteiger partial charge in [-0.25, -0.2) is 0 Å². The molecule has 0 aromatic heterocycles. The highest BCUT2D eigenvalue weighted by atomic mass is 32.2. The molecule has 0 saturated heterocycles. The van der Waals surface area contributed by atoms with E-state index in [1.165, 1.54) is 0 Å². The Morgan fingerprint density at radius 1 is 1.50 bits per heavy atom. The molecule has 0 aliphatic heterocycles. The first kappa shape index (κ1) is 10.7. The highest BCUT2D eigenvalue weighted by molar-refractivity contribution is 7.86. The Bertz CT molecular complexity index is 370. The van der Waals surface area contributed by atoms with Crippen LogP contribution < -0.4 is 11.5 Å². The molecular weight excluding hydrogens is 200 g/mol. The van der Waals surface area contributed by atoms with Crippen LogP contribution in [0, 0.1) is 6.92 Å². The van der Waals surface area contributed by atoms with E-state index in [0.29, 0.717) is 10.6 Å². The Morgan fingerprint density at radius 3 is 2.64 bits per heavy atom. The number of nitrogens with two attached hydrogens (primary N) is 2. The van der Waals surface area contributed by atoms with Gasteiger partial charge in [-0.3, -0.25) is 9.00 Å². The molecule has 0 aliphatic carbocycles. The minimum Gasteiger partial charge on any atom is -0.398 e. The second-order valence-corrected chi connectivity index (χ2v) is 4.34. The summed E-state index contributed by atoms with van der Waals surface area (Å²) in [6.45, 7) is 1.80. The number of hydrogen-bond donors (Lipinski definition) is 2. The Morgan fingerprint density at radius 2 is 2.14 bits per heavy atom. The first-order valence-electron chi connectivity index (χ1n) is 4.04. The zero-order valence-electron chi connectivity index (χ0n) is 7.82. The Hall–Kier alpha value is -1.36. The summed E-state index contributed by atoms with van der Waals surface area (Å²) >= 11 is 0. The van der Waals surface area contributed by atoms with Crippen LogP contribution in [0.1, 0.15) is 5.56 Å². The molecule has 0 spiro atoms. The molecule has 76 valence electrons. The van der Waals surface area contributed by atoms with Crippen molar-refractivity contribution in [3.05, 3.63) is 23.8 Å². The SMILES string of the molecule is Cc1cccc(N)c1S(=O)CC(N)=O. The number of carbonyl (C=O) groups is 1. The van der Waals surface area contributed by atoms with Crippen LogP contribution in [0.5, 0.6) is 0 Å². The molecule has 1 atom stereocenters. The lowest BCUT2D eigenvalue weighted by molar-refractivity contribution is -0.115. The topological polar surface area (TPSA) is 86.2 Å². The van der Waals surface area contributed by atoms with Gasteiger partial charge in [-0.2, -0.15) is 0 Å². The van der Waals surface area contributed by atoms with Gasteiger partial charge in [-0.1, -0.05) is 12.1 Å². The summed E-state index contributed by atoms with van der Waals surface area (Å²) < 4.78 is 11.6. The van der Waals surface area contributed by atoms with Crippen molar-refractivity contribution in [1.82, 2.24) is 0 Å². The van der Waals surface area contributed by atoms with Gasteiger partial charge in [0.05, 0.1) is 15.7 Å². The molecule has 1 amide bonds. The van der Waals surface area contributed by atoms with Crippen LogP contribution in [0.15, 0.2) is 23.1 Å². The molecule has 0 heterocycles. The van der Waals surface area contributed by atoms with Crippen molar-refractivity contribution in [2.45, 2.75) is 11.8 Å². The minimum atomic E-state index is -1.44. The van der Waals surface area contributed by atoms with E-state index in [9.17, 15) is 9.00 Å². The van der Waals surface area contributed by atoms with Crippen molar-refractivity contribution in [3.63, 3.8) is 0 Å². The fourth-order valence-corrected chi connectivity index (χ4v) is 2.35. The van der Waals surface area contributed by atoms with Gasteiger partial charge in [-0.15, -0.1) is 0 Å². The lowest BCUT2D eigenvalue weighted by Crippen LogP contribution is -2.20. The van der Waals surface area contributed by atoms with Crippen molar-refractivity contribution in [2.75, 3.05) is 11.5 Å². The molecule has 0 saturated carbocycles. The van der Waals surface area contributed by atoms with Crippen LogP contribution in [-0.4, -0.2) is 15.9 Å². The zero-order chi connectivity index (χ0) is 10.7. The van der Waals surface area contributed by atoms with Gasteiger partial charge in [0, 0.05) is 5.69 Å². The number of benzene rings is 1. The number of primary amides is 1. The maximum Gasteiger partial charge on any atom is 0.230 e. The first-order valence-corrected chi connectivity index (χ1v) is 5.36. The molecule has 1 aromatic rings. The fraction of sp³-hybridized carbons (Fsp3) is 0.222. The van der Waals surface area contributed by atoms with Gasteiger partial charge < -0.3 is 11.5 Å². The predicted octanol–water partition coefficient (Wildman–Crippen LogP) is 0.170. The highest BCUT2D eigenvalue weighted by Gasteiger charge is 2.12. The van der Waals surface area contributed by atoms with Crippen LogP contribution >= 0.6 is 0 Å². The molecule has 4 nitrogen and oxygen atoms in total. The standard InChI is InChI=1S/C9H12N2O2S/c1-6-3-2-4-7(10)9(6)14(13)5-8(11)12/h2-4H,5,10H2,1H3,(H2,11,12). The third-order valence-electron chi connectivity index (χ3n) is 1.74. The third kappa shape index (κ3) is 2.32. The Balaban J connectivity index is 3.06. The highest BCUT2D eigenvalue weighted by Crippen LogP contribution is 2.20. The summed E-state index contributed by atoms with van der Waals surface area (Å²) in [5, 5.41) is 0. The fourth-order valence-electron chi connectivity index (χ4n) is 1.19. The Labute approximate surface area is 84.7 Å². The van der Waals surface area contributed by atoms with Gasteiger partial charge in [0.1, 0.15) is 5.75 Å². The number of aryl methyl sites for hydroxylation is 1. The van der Waals surface area contributed by atoms with E-state index in [2.05, 4.69) is 0 Å². The number of anilines is 1. The minimum absolute atomic E-state index is 0.185. The second kappa shape index (κ2) is 4.23. The van der Waals surface area contributed by atoms with Crippen molar-refractivity contribution < 1.29 is 9.00 Å². The molecule has 1 unspecified atom stereocenters. The molecular formula is C9H12N2O2S. The van der Waals surface area contributed by atoms with Crippen LogP contribution in [-0.2, 0) is 15.6 Å². The molecule has 1 rings (SSSR count). The monoisotopic (exact) mass is 212 g/mol. The summed E-state index contributed by atoms with van der Waals surface area (Å²) in [4.78, 5) is 11.1. The first-order chi connectivity index (χ1) is 6.52. The number of nitrogen functional groups attached to an aromatic ring is 1. The number of amides is 1. The van der Waals surface area contributed by atoms with E-state index in [1.54, 1.807) is 25.1 Å². The van der Waals surface area contributed by atoms with Crippen molar-refractivity contribution in [1.29, 1.82) is 0 Å². The van der Waals surface area contributed by atoms with Gasteiger partial charge in [0.2, 0.25) is 5.91 Å². The molecule has 0 fully saturated rings. The zero-order valence-corrected chi connectivity index (χ0v) is 8.64.